The molecule has 1 aromatic heterocycles. The van der Waals surface area contributed by atoms with Gasteiger partial charge in [0.25, 0.3) is 0 Å². The predicted octanol–water partition coefficient (Wildman–Crippen LogP) is 3.34. The first kappa shape index (κ1) is 19.7. The van der Waals surface area contributed by atoms with Crippen molar-refractivity contribution in [1.82, 2.24) is 4.98 Å². The number of methoxy groups -OCH3 is 2. The minimum Gasteiger partial charge on any atom is -0.493 e. The summed E-state index contributed by atoms with van der Waals surface area (Å²) in [5.74, 6) is -0.958. The Morgan fingerprint density at radius 2 is 1.92 bits per heavy atom. The lowest BCUT2D eigenvalue weighted by atomic mass is 9.98. The number of aromatic carboxylic acids is 1. The molecule has 1 amide bonds. The summed E-state index contributed by atoms with van der Waals surface area (Å²) < 4.78 is 10.4. The molecule has 0 aliphatic heterocycles. The number of hydrogen-bond donors (Lipinski definition) is 2. The molecule has 0 saturated carbocycles. The highest BCUT2D eigenvalue weighted by molar-refractivity contribution is 7.09. The fourth-order valence-corrected chi connectivity index (χ4v) is 3.18. The number of rotatable bonds is 6. The number of aromatic nitrogens is 1. The fourth-order valence-electron chi connectivity index (χ4n) is 2.27. The van der Waals surface area contributed by atoms with Gasteiger partial charge in [-0.3, -0.25) is 4.79 Å². The number of carbonyl (C=O) groups excluding carboxylic acids is 1. The standard InChI is InChI=1S/C18H22N2O5S/c1-18(2,3)17-19-11(9-26-17)8-14(21)20-12-6-10(16(22)23)7-13(24-4)15(12)25-5/h6-7,9H,8H2,1-5H3,(H,20,21)(H,22,23). The molecule has 1 heterocycles. The van der Waals surface area contributed by atoms with Gasteiger partial charge in [-0.2, -0.15) is 0 Å². The van der Waals surface area contributed by atoms with Crippen molar-refractivity contribution in [3.63, 3.8) is 0 Å². The Morgan fingerprint density at radius 1 is 1.23 bits per heavy atom. The number of anilines is 1. The largest absolute Gasteiger partial charge is 0.493 e. The number of thiazole rings is 1. The molecule has 0 unspecified atom stereocenters. The van der Waals surface area contributed by atoms with E-state index >= 15 is 0 Å². The molecule has 0 aliphatic carbocycles. The van der Waals surface area contributed by atoms with Crippen molar-refractivity contribution >= 4 is 28.9 Å². The summed E-state index contributed by atoms with van der Waals surface area (Å²) in [6, 6.07) is 2.68. The number of carboxylic acids is 1. The van der Waals surface area contributed by atoms with Crippen LogP contribution in [0.3, 0.4) is 0 Å². The van der Waals surface area contributed by atoms with Crippen molar-refractivity contribution in [3.8, 4) is 11.5 Å². The summed E-state index contributed by atoms with van der Waals surface area (Å²) in [6.07, 6.45) is 0.0787. The number of amides is 1. The van der Waals surface area contributed by atoms with E-state index in [1.54, 1.807) is 0 Å². The average molecular weight is 378 g/mol. The number of ether oxygens (including phenoxy) is 2. The molecule has 1 aromatic carbocycles. The van der Waals surface area contributed by atoms with Crippen LogP contribution in [0, 0.1) is 0 Å². The highest BCUT2D eigenvalue weighted by atomic mass is 32.1. The summed E-state index contributed by atoms with van der Waals surface area (Å²) in [4.78, 5) is 28.2. The molecule has 0 bridgehead atoms. The topological polar surface area (TPSA) is 97.8 Å². The van der Waals surface area contributed by atoms with E-state index < -0.39 is 5.97 Å². The molecule has 0 atom stereocenters. The summed E-state index contributed by atoms with van der Waals surface area (Å²) in [5, 5.41) is 14.7. The van der Waals surface area contributed by atoms with Crippen LogP contribution in [-0.2, 0) is 16.6 Å². The van der Waals surface area contributed by atoms with Crippen molar-refractivity contribution in [2.75, 3.05) is 19.5 Å². The Hall–Kier alpha value is -2.61. The van der Waals surface area contributed by atoms with Crippen molar-refractivity contribution in [2.24, 2.45) is 0 Å². The first-order valence-corrected chi connectivity index (χ1v) is 8.77. The number of nitrogens with one attached hydrogen (secondary N) is 1. The summed E-state index contributed by atoms with van der Waals surface area (Å²) >= 11 is 1.51. The van der Waals surface area contributed by atoms with Crippen LogP contribution in [-0.4, -0.2) is 36.2 Å². The van der Waals surface area contributed by atoms with E-state index in [4.69, 9.17) is 9.47 Å². The molecule has 2 rings (SSSR count). The summed E-state index contributed by atoms with van der Waals surface area (Å²) in [6.45, 7) is 6.18. The minimum absolute atomic E-state index is 0.0124. The van der Waals surface area contributed by atoms with Crippen LogP contribution in [0.4, 0.5) is 5.69 Å². The van der Waals surface area contributed by atoms with Gasteiger partial charge in [-0.05, 0) is 12.1 Å². The van der Waals surface area contributed by atoms with Crippen LogP contribution in [0.2, 0.25) is 0 Å². The molecule has 26 heavy (non-hydrogen) atoms. The van der Waals surface area contributed by atoms with Crippen molar-refractivity contribution in [1.29, 1.82) is 0 Å². The van der Waals surface area contributed by atoms with Gasteiger partial charge in [-0.15, -0.1) is 11.3 Å². The molecule has 0 saturated heterocycles. The van der Waals surface area contributed by atoms with E-state index in [-0.39, 0.29) is 40.5 Å². The van der Waals surface area contributed by atoms with Crippen LogP contribution < -0.4 is 14.8 Å². The molecule has 2 N–H and O–H groups in total. The van der Waals surface area contributed by atoms with Gasteiger partial charge in [0.2, 0.25) is 5.91 Å². The zero-order chi connectivity index (χ0) is 19.5. The van der Waals surface area contributed by atoms with Gasteiger partial charge in [-0.1, -0.05) is 20.8 Å². The molecular weight excluding hydrogens is 356 g/mol. The maximum absolute atomic E-state index is 12.4. The van der Waals surface area contributed by atoms with E-state index in [1.807, 2.05) is 5.38 Å². The zero-order valence-corrected chi connectivity index (χ0v) is 16.2. The lowest BCUT2D eigenvalue weighted by Crippen LogP contribution is -2.17. The first-order chi connectivity index (χ1) is 12.2. The fraction of sp³-hybridized carbons (Fsp3) is 0.389. The second-order valence-corrected chi connectivity index (χ2v) is 7.54. The zero-order valence-electron chi connectivity index (χ0n) is 15.4. The van der Waals surface area contributed by atoms with Crippen molar-refractivity contribution in [2.45, 2.75) is 32.6 Å². The lowest BCUT2D eigenvalue weighted by Gasteiger charge is -2.15. The van der Waals surface area contributed by atoms with Gasteiger partial charge < -0.3 is 19.9 Å². The van der Waals surface area contributed by atoms with Crippen molar-refractivity contribution in [3.05, 3.63) is 33.8 Å². The van der Waals surface area contributed by atoms with Gasteiger partial charge in [0.05, 0.1) is 42.6 Å². The smallest absolute Gasteiger partial charge is 0.335 e. The Balaban J connectivity index is 2.24. The molecule has 140 valence electrons. The van der Waals surface area contributed by atoms with E-state index in [9.17, 15) is 14.7 Å². The van der Waals surface area contributed by atoms with Crippen molar-refractivity contribution < 1.29 is 24.2 Å². The Labute approximate surface area is 156 Å². The average Bonchev–Trinajstić information content (AvgIpc) is 3.02. The second kappa shape index (κ2) is 7.74. The minimum atomic E-state index is -1.13. The third-order valence-corrected chi connectivity index (χ3v) is 4.85. The number of carboxylic acid groups (broad SMARTS) is 1. The maximum Gasteiger partial charge on any atom is 0.335 e. The van der Waals surface area contributed by atoms with Crippen LogP contribution >= 0.6 is 11.3 Å². The van der Waals surface area contributed by atoms with E-state index in [0.717, 1.165) is 5.01 Å². The van der Waals surface area contributed by atoms with Crippen LogP contribution in [0.1, 0.15) is 41.8 Å². The number of benzene rings is 1. The molecule has 2 aromatic rings. The third-order valence-electron chi connectivity index (χ3n) is 3.53. The number of nitrogens with zero attached hydrogens (tertiary/aromatic N) is 1. The van der Waals surface area contributed by atoms with Gasteiger partial charge >= 0.3 is 5.97 Å². The highest BCUT2D eigenvalue weighted by Gasteiger charge is 2.20. The molecule has 0 aliphatic rings. The number of carbonyl (C=O) groups is 2. The van der Waals surface area contributed by atoms with Gasteiger partial charge in [0.1, 0.15) is 0 Å². The second-order valence-electron chi connectivity index (χ2n) is 6.68. The van der Waals surface area contributed by atoms with E-state index in [1.165, 1.54) is 37.7 Å². The van der Waals surface area contributed by atoms with Gasteiger partial charge in [0.15, 0.2) is 11.5 Å². The molecule has 7 nitrogen and oxygen atoms in total. The molecular formula is C18H22N2O5S. The molecule has 8 heteroatoms. The Bertz CT molecular complexity index is 823. The van der Waals surface area contributed by atoms with Crippen LogP contribution in [0.15, 0.2) is 17.5 Å². The Morgan fingerprint density at radius 3 is 2.42 bits per heavy atom. The first-order valence-electron chi connectivity index (χ1n) is 7.89. The quantitative estimate of drug-likeness (QED) is 0.800. The van der Waals surface area contributed by atoms with E-state index in [0.29, 0.717) is 5.69 Å². The summed E-state index contributed by atoms with van der Waals surface area (Å²) in [5.41, 5.74) is 0.811. The van der Waals surface area contributed by atoms with Crippen LogP contribution in [0.25, 0.3) is 0 Å². The SMILES string of the molecule is COc1cc(C(=O)O)cc(NC(=O)Cc2csc(C(C)(C)C)n2)c1OC. The number of hydrogen-bond acceptors (Lipinski definition) is 6. The molecule has 0 radical (unpaired) electrons. The Kier molecular flexibility index (Phi) is 5.86. The summed E-state index contributed by atoms with van der Waals surface area (Å²) in [7, 11) is 2.82. The maximum atomic E-state index is 12.4. The predicted molar refractivity (Wildman–Crippen MR) is 99.7 cm³/mol. The molecule has 0 fully saturated rings. The third kappa shape index (κ3) is 4.51. The highest BCUT2D eigenvalue weighted by Crippen LogP contribution is 2.36. The van der Waals surface area contributed by atoms with Gasteiger partial charge in [0, 0.05) is 10.8 Å². The normalized spacial score (nSPS) is 11.1. The van der Waals surface area contributed by atoms with Gasteiger partial charge in [-0.25, -0.2) is 9.78 Å². The van der Waals surface area contributed by atoms with Crippen LogP contribution in [0.5, 0.6) is 11.5 Å². The monoisotopic (exact) mass is 378 g/mol. The molecule has 0 spiro atoms. The van der Waals surface area contributed by atoms with E-state index in [2.05, 4.69) is 31.1 Å². The lowest BCUT2D eigenvalue weighted by molar-refractivity contribution is -0.115.